The normalized spacial score (nSPS) is 17.6. The molecule has 1 atom stereocenters. The Kier molecular flexibility index (Phi) is 5.47. The molecule has 1 aliphatic heterocycles. The van der Waals surface area contributed by atoms with E-state index < -0.39 is 0 Å². The molecule has 2 heterocycles. The molecular formula is C21H25FN2O. The van der Waals surface area contributed by atoms with E-state index in [1.165, 1.54) is 12.1 Å². The number of pyridine rings is 1. The van der Waals surface area contributed by atoms with Crippen LogP contribution in [0.25, 0.3) is 11.1 Å². The lowest BCUT2D eigenvalue weighted by molar-refractivity contribution is -0.135. The number of carbonyl (C=O) groups excluding carboxylic acids is 1. The number of aromatic nitrogens is 1. The maximum absolute atomic E-state index is 13.2. The van der Waals surface area contributed by atoms with E-state index >= 15 is 0 Å². The largest absolute Gasteiger partial charge is 0.334 e. The fraction of sp³-hybridized carbons (Fsp3) is 0.429. The summed E-state index contributed by atoms with van der Waals surface area (Å²) in [5.41, 5.74) is 3.86. The van der Waals surface area contributed by atoms with E-state index in [2.05, 4.69) is 6.07 Å². The highest BCUT2D eigenvalue weighted by molar-refractivity contribution is 5.77. The summed E-state index contributed by atoms with van der Waals surface area (Å²) < 4.78 is 13.2. The fourth-order valence-electron chi connectivity index (χ4n) is 3.57. The molecule has 3 rings (SSSR count). The van der Waals surface area contributed by atoms with Crippen molar-refractivity contribution < 1.29 is 9.18 Å². The van der Waals surface area contributed by atoms with Crippen LogP contribution in [0.4, 0.5) is 4.39 Å². The molecule has 0 aliphatic carbocycles. The van der Waals surface area contributed by atoms with Crippen LogP contribution in [0.5, 0.6) is 0 Å². The molecule has 4 heteroatoms. The van der Waals surface area contributed by atoms with Gasteiger partial charge < -0.3 is 4.90 Å². The third-order valence-corrected chi connectivity index (χ3v) is 4.78. The lowest BCUT2D eigenvalue weighted by atomic mass is 9.95. The number of amides is 1. The summed E-state index contributed by atoms with van der Waals surface area (Å²) in [6, 6.07) is 10.6. The predicted octanol–water partition coefficient (Wildman–Crippen LogP) is 5.05. The first-order valence-electron chi connectivity index (χ1n) is 9.12. The molecule has 1 unspecified atom stereocenters. The summed E-state index contributed by atoms with van der Waals surface area (Å²) >= 11 is 0. The van der Waals surface area contributed by atoms with Gasteiger partial charge in [-0.2, -0.15) is 0 Å². The van der Waals surface area contributed by atoms with Gasteiger partial charge in [-0.15, -0.1) is 0 Å². The Balaban J connectivity index is 1.95. The molecule has 0 radical (unpaired) electrons. The molecule has 2 aromatic rings. The number of benzene rings is 1. The van der Waals surface area contributed by atoms with Crippen LogP contribution in [0.2, 0.25) is 0 Å². The number of likely N-dealkylation sites (tertiary alicyclic amines) is 1. The average Bonchev–Trinajstić information content (AvgIpc) is 2.62. The van der Waals surface area contributed by atoms with Gasteiger partial charge in [0.15, 0.2) is 0 Å². The van der Waals surface area contributed by atoms with Gasteiger partial charge in [0.25, 0.3) is 0 Å². The Morgan fingerprint density at radius 2 is 1.96 bits per heavy atom. The summed E-state index contributed by atoms with van der Waals surface area (Å²) in [6.45, 7) is 4.82. The van der Waals surface area contributed by atoms with Crippen LogP contribution >= 0.6 is 0 Å². The Labute approximate surface area is 148 Å². The lowest BCUT2D eigenvalue weighted by Gasteiger charge is -2.35. The van der Waals surface area contributed by atoms with E-state index in [4.69, 9.17) is 4.98 Å². The standard InChI is InChI=1S/C21H25FN2O/c1-3-6-21(25)24-12-5-4-7-20(24)19-14-17(13-15(2)23-19)16-8-10-18(22)11-9-16/h8-11,13-14,20H,3-7,12H2,1-2H3. The van der Waals surface area contributed by atoms with Crippen molar-refractivity contribution in [3.63, 3.8) is 0 Å². The van der Waals surface area contributed by atoms with Gasteiger partial charge in [-0.3, -0.25) is 9.78 Å². The van der Waals surface area contributed by atoms with Crippen molar-refractivity contribution in [1.82, 2.24) is 9.88 Å². The van der Waals surface area contributed by atoms with Crippen molar-refractivity contribution >= 4 is 5.91 Å². The number of hydrogen-bond acceptors (Lipinski definition) is 2. The first-order valence-corrected chi connectivity index (χ1v) is 9.12. The van der Waals surface area contributed by atoms with E-state index in [0.717, 1.165) is 54.7 Å². The molecule has 0 bridgehead atoms. The van der Waals surface area contributed by atoms with Crippen LogP contribution in [-0.4, -0.2) is 22.3 Å². The SMILES string of the molecule is CCCC(=O)N1CCCCC1c1cc(-c2ccc(F)cc2)cc(C)n1. The van der Waals surface area contributed by atoms with Gasteiger partial charge in [-0.25, -0.2) is 4.39 Å². The van der Waals surface area contributed by atoms with Crippen molar-refractivity contribution in [3.05, 3.63) is 53.6 Å². The first-order chi connectivity index (χ1) is 12.1. The molecule has 1 aromatic carbocycles. The second-order valence-electron chi connectivity index (χ2n) is 6.78. The number of nitrogens with zero attached hydrogens (tertiary/aromatic N) is 2. The van der Waals surface area contributed by atoms with Crippen LogP contribution in [0, 0.1) is 12.7 Å². The lowest BCUT2D eigenvalue weighted by Crippen LogP contribution is -2.38. The van der Waals surface area contributed by atoms with Crippen LogP contribution in [0.1, 0.15) is 56.5 Å². The average molecular weight is 340 g/mol. The molecule has 0 saturated carbocycles. The van der Waals surface area contributed by atoms with Crippen LogP contribution < -0.4 is 0 Å². The Morgan fingerprint density at radius 1 is 1.20 bits per heavy atom. The molecule has 1 aromatic heterocycles. The van der Waals surface area contributed by atoms with E-state index in [9.17, 15) is 9.18 Å². The van der Waals surface area contributed by atoms with Crippen molar-refractivity contribution in [1.29, 1.82) is 0 Å². The predicted molar refractivity (Wildman–Crippen MR) is 97.6 cm³/mol. The maximum atomic E-state index is 13.2. The third kappa shape index (κ3) is 4.06. The highest BCUT2D eigenvalue weighted by Crippen LogP contribution is 2.33. The zero-order valence-electron chi connectivity index (χ0n) is 15.0. The molecule has 3 nitrogen and oxygen atoms in total. The number of hydrogen-bond donors (Lipinski definition) is 0. The maximum Gasteiger partial charge on any atom is 0.223 e. The molecule has 0 N–H and O–H groups in total. The molecule has 1 saturated heterocycles. The minimum absolute atomic E-state index is 0.0481. The van der Waals surface area contributed by atoms with E-state index in [1.54, 1.807) is 12.1 Å². The van der Waals surface area contributed by atoms with Crippen LogP contribution in [0.3, 0.4) is 0 Å². The molecule has 0 spiro atoms. The molecule has 1 amide bonds. The molecule has 1 fully saturated rings. The van der Waals surface area contributed by atoms with E-state index in [-0.39, 0.29) is 17.8 Å². The van der Waals surface area contributed by atoms with Crippen molar-refractivity contribution in [2.24, 2.45) is 0 Å². The van der Waals surface area contributed by atoms with Gasteiger partial charge in [-0.1, -0.05) is 19.1 Å². The van der Waals surface area contributed by atoms with E-state index in [0.29, 0.717) is 6.42 Å². The fourth-order valence-corrected chi connectivity index (χ4v) is 3.57. The minimum Gasteiger partial charge on any atom is -0.334 e. The van der Waals surface area contributed by atoms with Gasteiger partial charge in [0.1, 0.15) is 5.82 Å². The number of halogens is 1. The topological polar surface area (TPSA) is 33.2 Å². The zero-order valence-corrected chi connectivity index (χ0v) is 15.0. The van der Waals surface area contributed by atoms with Gasteiger partial charge in [0.05, 0.1) is 11.7 Å². The Bertz CT molecular complexity index is 742. The number of rotatable bonds is 4. The quantitative estimate of drug-likeness (QED) is 0.780. The minimum atomic E-state index is -0.238. The second kappa shape index (κ2) is 7.77. The van der Waals surface area contributed by atoms with Crippen molar-refractivity contribution in [2.75, 3.05) is 6.54 Å². The monoisotopic (exact) mass is 340 g/mol. The highest BCUT2D eigenvalue weighted by Gasteiger charge is 2.28. The number of carbonyl (C=O) groups is 1. The molecule has 1 aliphatic rings. The molecule has 25 heavy (non-hydrogen) atoms. The zero-order chi connectivity index (χ0) is 17.8. The van der Waals surface area contributed by atoms with Crippen molar-refractivity contribution in [3.8, 4) is 11.1 Å². The number of aryl methyl sites for hydroxylation is 1. The van der Waals surface area contributed by atoms with Gasteiger partial charge in [0.2, 0.25) is 5.91 Å². The van der Waals surface area contributed by atoms with Crippen molar-refractivity contribution in [2.45, 2.75) is 52.0 Å². The van der Waals surface area contributed by atoms with Gasteiger partial charge >= 0.3 is 0 Å². The summed E-state index contributed by atoms with van der Waals surface area (Å²) in [5, 5.41) is 0. The Hall–Kier alpha value is -2.23. The van der Waals surface area contributed by atoms with Crippen LogP contribution in [-0.2, 0) is 4.79 Å². The second-order valence-corrected chi connectivity index (χ2v) is 6.78. The highest BCUT2D eigenvalue weighted by atomic mass is 19.1. The third-order valence-electron chi connectivity index (χ3n) is 4.78. The summed E-state index contributed by atoms with van der Waals surface area (Å²) in [7, 11) is 0. The first kappa shape index (κ1) is 17.6. The molecule has 132 valence electrons. The van der Waals surface area contributed by atoms with E-state index in [1.807, 2.05) is 24.8 Å². The Morgan fingerprint density at radius 3 is 2.68 bits per heavy atom. The van der Waals surface area contributed by atoms with Gasteiger partial charge in [-0.05, 0) is 68.0 Å². The summed E-state index contributed by atoms with van der Waals surface area (Å²) in [4.78, 5) is 19.2. The summed E-state index contributed by atoms with van der Waals surface area (Å²) in [5.74, 6) is -0.0165. The molecular weight excluding hydrogens is 315 g/mol. The smallest absolute Gasteiger partial charge is 0.223 e. The van der Waals surface area contributed by atoms with Gasteiger partial charge in [0, 0.05) is 18.7 Å². The number of piperidine rings is 1. The van der Waals surface area contributed by atoms with Crippen LogP contribution in [0.15, 0.2) is 36.4 Å². The summed E-state index contributed by atoms with van der Waals surface area (Å²) in [6.07, 6.45) is 4.58.